The number of unbranched alkanes of at least 4 members (excludes halogenated alkanes) is 37. The summed E-state index contributed by atoms with van der Waals surface area (Å²) in [5.74, 6) is -1.99. The Morgan fingerprint density at radius 3 is 1.10 bits per heavy atom. The summed E-state index contributed by atoms with van der Waals surface area (Å²) in [5, 5.41) is 9.71. The quantitative estimate of drug-likeness (QED) is 0.0211. The van der Waals surface area contributed by atoms with E-state index < -0.39 is 24.3 Å². The van der Waals surface area contributed by atoms with Gasteiger partial charge in [0.2, 0.25) is 0 Å². The number of hydrogen-bond acceptors (Lipinski definition) is 7. The van der Waals surface area contributed by atoms with Crippen LogP contribution >= 0.6 is 0 Å². The molecule has 73 heavy (non-hydrogen) atoms. The maximum Gasteiger partial charge on any atom is 0.361 e. The Bertz CT molecular complexity index is 1290. The van der Waals surface area contributed by atoms with Crippen molar-refractivity contribution in [3.63, 3.8) is 0 Å². The molecular formula is C64H120NO8+. The Balaban J connectivity index is 4.16. The molecule has 0 amide bonds. The predicted molar refractivity (Wildman–Crippen MR) is 309 cm³/mol. The molecular weight excluding hydrogens is 911 g/mol. The number of allylic oxidation sites excluding steroid dienone is 6. The molecule has 0 radical (unpaired) electrons. The monoisotopic (exact) mass is 1030 g/mol. The first-order valence-corrected chi connectivity index (χ1v) is 31.2. The van der Waals surface area contributed by atoms with E-state index in [1.54, 1.807) is 0 Å². The Hall–Kier alpha value is -2.49. The number of rotatable bonds is 58. The van der Waals surface area contributed by atoms with Gasteiger partial charge < -0.3 is 28.5 Å². The zero-order chi connectivity index (χ0) is 53.4. The van der Waals surface area contributed by atoms with Crippen molar-refractivity contribution in [2.45, 2.75) is 309 Å². The molecule has 0 heterocycles. The average molecular weight is 1030 g/mol. The molecule has 0 aliphatic heterocycles. The van der Waals surface area contributed by atoms with Crippen molar-refractivity contribution in [2.75, 3.05) is 47.5 Å². The summed E-state index contributed by atoms with van der Waals surface area (Å²) in [7, 11) is 5.98. The third-order valence-corrected chi connectivity index (χ3v) is 13.9. The normalized spacial score (nSPS) is 12.9. The minimum atomic E-state index is -1.51. The van der Waals surface area contributed by atoms with Crippen molar-refractivity contribution in [3.05, 3.63) is 36.5 Å². The van der Waals surface area contributed by atoms with Crippen LogP contribution in [0.4, 0.5) is 0 Å². The third-order valence-electron chi connectivity index (χ3n) is 13.9. The summed E-state index contributed by atoms with van der Waals surface area (Å²) in [6.07, 6.45) is 65.2. The molecule has 2 unspecified atom stereocenters. The number of quaternary nitrogens is 1. The van der Waals surface area contributed by atoms with Crippen LogP contribution < -0.4 is 0 Å². The molecule has 0 saturated carbocycles. The number of likely N-dealkylation sites (N-methyl/N-ethyl adjacent to an activating group) is 1. The second kappa shape index (κ2) is 55.7. The molecule has 0 aromatic heterocycles. The molecule has 428 valence electrons. The fraction of sp³-hybridized carbons (Fsp3) is 0.859. The topological polar surface area (TPSA) is 108 Å². The van der Waals surface area contributed by atoms with Gasteiger partial charge in [0.05, 0.1) is 34.4 Å². The highest BCUT2D eigenvalue weighted by Gasteiger charge is 2.25. The number of aliphatic carboxylic acids is 1. The molecule has 0 rings (SSSR count). The van der Waals surface area contributed by atoms with Crippen molar-refractivity contribution in [3.8, 4) is 0 Å². The molecule has 9 heteroatoms. The van der Waals surface area contributed by atoms with Crippen LogP contribution in [0.3, 0.4) is 0 Å². The van der Waals surface area contributed by atoms with Gasteiger partial charge in [0.15, 0.2) is 6.10 Å². The maximum atomic E-state index is 12.9. The largest absolute Gasteiger partial charge is 0.477 e. The van der Waals surface area contributed by atoms with Crippen LogP contribution in [0.1, 0.15) is 296 Å². The van der Waals surface area contributed by atoms with Crippen LogP contribution in [-0.4, -0.2) is 87.4 Å². The number of esters is 2. The molecule has 0 bridgehead atoms. The lowest BCUT2D eigenvalue weighted by atomic mass is 10.0. The van der Waals surface area contributed by atoms with Gasteiger partial charge in [0.1, 0.15) is 13.2 Å². The third kappa shape index (κ3) is 57.1. The minimum absolute atomic E-state index is 0.181. The van der Waals surface area contributed by atoms with E-state index in [4.69, 9.17) is 18.9 Å². The molecule has 0 aliphatic carbocycles. The lowest BCUT2D eigenvalue weighted by Crippen LogP contribution is -2.40. The second-order valence-corrected chi connectivity index (χ2v) is 22.4. The van der Waals surface area contributed by atoms with Gasteiger partial charge in [-0.1, -0.05) is 249 Å². The molecule has 0 saturated heterocycles. The number of ether oxygens (including phenoxy) is 4. The van der Waals surface area contributed by atoms with E-state index in [0.717, 1.165) is 51.4 Å². The number of hydrogen-bond donors (Lipinski definition) is 1. The first-order chi connectivity index (χ1) is 35.6. The van der Waals surface area contributed by atoms with Crippen LogP contribution in [0.15, 0.2) is 36.5 Å². The van der Waals surface area contributed by atoms with Gasteiger partial charge in [-0.25, -0.2) is 4.79 Å². The smallest absolute Gasteiger partial charge is 0.361 e. The van der Waals surface area contributed by atoms with Crippen molar-refractivity contribution in [1.82, 2.24) is 0 Å². The number of carbonyl (C=O) groups excluding carboxylic acids is 2. The van der Waals surface area contributed by atoms with Gasteiger partial charge in [-0.15, -0.1) is 0 Å². The molecule has 0 aliphatic rings. The van der Waals surface area contributed by atoms with E-state index in [2.05, 4.69) is 50.3 Å². The number of carbonyl (C=O) groups is 3. The lowest BCUT2D eigenvalue weighted by Gasteiger charge is -2.25. The fourth-order valence-electron chi connectivity index (χ4n) is 9.04. The number of carboxylic acids is 1. The van der Waals surface area contributed by atoms with Crippen molar-refractivity contribution in [2.24, 2.45) is 0 Å². The van der Waals surface area contributed by atoms with Crippen LogP contribution in [-0.2, 0) is 33.3 Å². The van der Waals surface area contributed by atoms with E-state index in [-0.39, 0.29) is 32.2 Å². The molecule has 0 aromatic carbocycles. The van der Waals surface area contributed by atoms with E-state index in [1.165, 1.54) is 218 Å². The van der Waals surface area contributed by atoms with Crippen molar-refractivity contribution < 1.29 is 42.9 Å². The summed E-state index contributed by atoms with van der Waals surface area (Å²) in [6.45, 7) is 4.91. The highest BCUT2D eigenvalue weighted by atomic mass is 16.7. The van der Waals surface area contributed by atoms with E-state index in [9.17, 15) is 19.5 Å². The first-order valence-electron chi connectivity index (χ1n) is 31.2. The highest BCUT2D eigenvalue weighted by molar-refractivity contribution is 5.71. The SMILES string of the molecule is CCCCCCC/C=C\C/C=C\CCCCCCCCCCCC(=O)OC(COC(=O)CCCCCCCCCCCCCCCCC/C=C\CCCCCCCCCC)COC(OCC[N+](C)(C)C)C(=O)O. The Morgan fingerprint density at radius 1 is 0.411 bits per heavy atom. The average Bonchev–Trinajstić information content (AvgIpc) is 3.36. The first kappa shape index (κ1) is 70.5. The summed E-state index contributed by atoms with van der Waals surface area (Å²) in [6, 6.07) is 0. The van der Waals surface area contributed by atoms with Gasteiger partial charge in [-0.2, -0.15) is 0 Å². The van der Waals surface area contributed by atoms with Gasteiger partial charge in [-0.3, -0.25) is 9.59 Å². The van der Waals surface area contributed by atoms with Crippen molar-refractivity contribution >= 4 is 17.9 Å². The molecule has 0 spiro atoms. The zero-order valence-corrected chi connectivity index (χ0v) is 48.8. The molecule has 1 N–H and O–H groups in total. The second-order valence-electron chi connectivity index (χ2n) is 22.4. The van der Waals surface area contributed by atoms with E-state index >= 15 is 0 Å². The molecule has 0 aromatic rings. The Kier molecular flexibility index (Phi) is 53.8. The fourth-order valence-corrected chi connectivity index (χ4v) is 9.04. The summed E-state index contributed by atoms with van der Waals surface area (Å²) < 4.78 is 22.9. The molecule has 9 nitrogen and oxygen atoms in total. The van der Waals surface area contributed by atoms with Crippen LogP contribution in [0.5, 0.6) is 0 Å². The Labute approximate surface area is 451 Å². The lowest BCUT2D eigenvalue weighted by molar-refractivity contribution is -0.870. The number of carboxylic acid groups (broad SMARTS) is 1. The van der Waals surface area contributed by atoms with Gasteiger partial charge in [0.25, 0.3) is 6.29 Å². The number of nitrogens with zero attached hydrogens (tertiary/aromatic N) is 1. The summed E-state index contributed by atoms with van der Waals surface area (Å²) in [4.78, 5) is 37.5. The van der Waals surface area contributed by atoms with Crippen LogP contribution in [0, 0.1) is 0 Å². The molecule has 2 atom stereocenters. The maximum absolute atomic E-state index is 12.9. The van der Waals surface area contributed by atoms with Crippen molar-refractivity contribution in [1.29, 1.82) is 0 Å². The Morgan fingerprint density at radius 2 is 0.740 bits per heavy atom. The predicted octanol–water partition coefficient (Wildman–Crippen LogP) is 18.5. The summed E-state index contributed by atoms with van der Waals surface area (Å²) in [5.41, 5.74) is 0. The highest BCUT2D eigenvalue weighted by Crippen LogP contribution is 2.17. The van der Waals surface area contributed by atoms with E-state index in [0.29, 0.717) is 17.4 Å². The zero-order valence-electron chi connectivity index (χ0n) is 48.8. The van der Waals surface area contributed by atoms with E-state index in [1.807, 2.05) is 21.1 Å². The van der Waals surface area contributed by atoms with Gasteiger partial charge in [0, 0.05) is 12.8 Å². The van der Waals surface area contributed by atoms with Crippen LogP contribution in [0.25, 0.3) is 0 Å². The van der Waals surface area contributed by atoms with Gasteiger partial charge >= 0.3 is 17.9 Å². The minimum Gasteiger partial charge on any atom is -0.477 e. The van der Waals surface area contributed by atoms with Gasteiger partial charge in [-0.05, 0) is 70.6 Å². The standard InChI is InChI=1S/C64H119NO8/c1-6-8-10-12-14-16-18-20-22-24-26-28-29-30-31-32-33-35-36-38-40-42-44-46-48-50-52-54-61(66)71-58-60(59-72-64(63(68)69)70-57-56-65(3,4)5)73-62(67)55-53-51-49-47-45-43-41-39-37-34-27-25-23-21-19-17-15-13-11-9-7-2/h19,21,24-27,60,64H,6-18,20,22-23,28-59H2,1-5H3/p+1/b21-19-,26-24-,27-25-. The molecule has 0 fully saturated rings. The van der Waals surface area contributed by atoms with Crippen LogP contribution in [0.2, 0.25) is 0 Å². The summed E-state index contributed by atoms with van der Waals surface area (Å²) >= 11 is 0.